The van der Waals surface area contributed by atoms with E-state index in [0.29, 0.717) is 0 Å². The minimum absolute atomic E-state index is 0.735. The van der Waals surface area contributed by atoms with Crippen LogP contribution < -0.4 is 4.90 Å². The van der Waals surface area contributed by atoms with Gasteiger partial charge in [0.15, 0.2) is 0 Å². The van der Waals surface area contributed by atoms with Crippen molar-refractivity contribution in [3.8, 4) is 0 Å². The zero-order chi connectivity index (χ0) is 12.4. The molecule has 0 radical (unpaired) electrons. The van der Waals surface area contributed by atoms with Crippen molar-refractivity contribution in [2.24, 2.45) is 0 Å². The number of aromatic nitrogens is 1. The van der Waals surface area contributed by atoms with Gasteiger partial charge in [-0.3, -0.25) is 4.90 Å². The van der Waals surface area contributed by atoms with Gasteiger partial charge in [0.25, 0.3) is 0 Å². The van der Waals surface area contributed by atoms with Gasteiger partial charge in [-0.05, 0) is 60.4 Å². The molecular weight excluding hydrogens is 290 g/mol. The van der Waals surface area contributed by atoms with E-state index in [2.05, 4.69) is 36.8 Å². The molecule has 98 valence electrons. The third-order valence-electron chi connectivity index (χ3n) is 4.11. The summed E-state index contributed by atoms with van der Waals surface area (Å²) >= 11 is 3.60. The summed E-state index contributed by atoms with van der Waals surface area (Å²) in [5.41, 5.74) is 0. The van der Waals surface area contributed by atoms with Gasteiger partial charge in [0.1, 0.15) is 5.82 Å². The van der Waals surface area contributed by atoms with Crippen molar-refractivity contribution in [3.63, 3.8) is 0 Å². The van der Waals surface area contributed by atoms with Crippen LogP contribution in [0.15, 0.2) is 22.8 Å². The first-order chi connectivity index (χ1) is 8.84. The number of pyridine rings is 1. The lowest BCUT2D eigenvalue weighted by molar-refractivity contribution is 0.175. The SMILES string of the molecule is Brc1cccnc1N1CCC(N2CCCCC2)C1. The van der Waals surface area contributed by atoms with Crippen LogP contribution in [0.3, 0.4) is 0 Å². The number of hydrogen-bond donors (Lipinski definition) is 0. The molecule has 2 saturated heterocycles. The van der Waals surface area contributed by atoms with Gasteiger partial charge < -0.3 is 4.90 Å². The summed E-state index contributed by atoms with van der Waals surface area (Å²) in [5, 5.41) is 0. The van der Waals surface area contributed by atoms with E-state index in [1.165, 1.54) is 38.8 Å². The van der Waals surface area contributed by atoms with Crippen molar-refractivity contribution in [1.29, 1.82) is 0 Å². The molecular formula is C14H20BrN3. The molecule has 3 nitrogen and oxygen atoms in total. The van der Waals surface area contributed by atoms with Crippen molar-refractivity contribution < 1.29 is 0 Å². The third-order valence-corrected chi connectivity index (χ3v) is 4.73. The maximum atomic E-state index is 4.50. The summed E-state index contributed by atoms with van der Waals surface area (Å²) < 4.78 is 1.12. The van der Waals surface area contributed by atoms with Crippen molar-refractivity contribution >= 4 is 21.7 Å². The number of rotatable bonds is 2. The molecule has 4 heteroatoms. The molecule has 0 aromatic carbocycles. The molecule has 0 bridgehead atoms. The van der Waals surface area contributed by atoms with Crippen molar-refractivity contribution in [2.45, 2.75) is 31.7 Å². The minimum Gasteiger partial charge on any atom is -0.354 e. The summed E-state index contributed by atoms with van der Waals surface area (Å²) in [7, 11) is 0. The Bertz CT molecular complexity index is 404. The van der Waals surface area contributed by atoms with E-state index in [1.807, 2.05) is 12.3 Å². The second kappa shape index (κ2) is 5.57. The number of hydrogen-bond acceptors (Lipinski definition) is 3. The molecule has 3 rings (SSSR count). The Morgan fingerprint density at radius 1 is 1.17 bits per heavy atom. The Kier molecular flexibility index (Phi) is 3.85. The Labute approximate surface area is 117 Å². The number of likely N-dealkylation sites (tertiary alicyclic amines) is 1. The van der Waals surface area contributed by atoms with E-state index in [1.54, 1.807) is 0 Å². The maximum absolute atomic E-state index is 4.50. The molecule has 18 heavy (non-hydrogen) atoms. The molecule has 2 fully saturated rings. The average molecular weight is 310 g/mol. The second-order valence-corrected chi connectivity index (χ2v) is 6.15. The lowest BCUT2D eigenvalue weighted by atomic mass is 10.1. The summed E-state index contributed by atoms with van der Waals surface area (Å²) in [6, 6.07) is 4.79. The van der Waals surface area contributed by atoms with E-state index in [0.717, 1.165) is 29.4 Å². The largest absolute Gasteiger partial charge is 0.354 e. The Morgan fingerprint density at radius 3 is 2.78 bits per heavy atom. The fraction of sp³-hybridized carbons (Fsp3) is 0.643. The van der Waals surface area contributed by atoms with E-state index in [4.69, 9.17) is 0 Å². The molecule has 3 heterocycles. The molecule has 2 aliphatic rings. The van der Waals surface area contributed by atoms with Gasteiger partial charge in [0.2, 0.25) is 0 Å². The van der Waals surface area contributed by atoms with Crippen LogP contribution in [0.1, 0.15) is 25.7 Å². The summed E-state index contributed by atoms with van der Waals surface area (Å²) in [4.78, 5) is 9.60. The summed E-state index contributed by atoms with van der Waals surface area (Å²) in [6.45, 7) is 4.86. The van der Waals surface area contributed by atoms with Gasteiger partial charge in [-0.25, -0.2) is 4.98 Å². The molecule has 1 aromatic rings. The average Bonchev–Trinajstić information content (AvgIpc) is 2.90. The molecule has 0 amide bonds. The van der Waals surface area contributed by atoms with Crippen molar-refractivity contribution in [3.05, 3.63) is 22.8 Å². The van der Waals surface area contributed by atoms with Crippen LogP contribution in [0, 0.1) is 0 Å². The number of piperidine rings is 1. The number of anilines is 1. The minimum atomic E-state index is 0.735. The first-order valence-corrected chi connectivity index (χ1v) is 7.73. The molecule has 0 saturated carbocycles. The Balaban J connectivity index is 1.66. The van der Waals surface area contributed by atoms with Crippen LogP contribution in [0.5, 0.6) is 0 Å². The van der Waals surface area contributed by atoms with Gasteiger partial charge in [0, 0.05) is 25.3 Å². The molecule has 1 aromatic heterocycles. The highest BCUT2D eigenvalue weighted by molar-refractivity contribution is 9.10. The van der Waals surface area contributed by atoms with Gasteiger partial charge >= 0.3 is 0 Å². The van der Waals surface area contributed by atoms with Gasteiger partial charge in [-0.2, -0.15) is 0 Å². The van der Waals surface area contributed by atoms with Crippen molar-refractivity contribution in [2.75, 3.05) is 31.1 Å². The van der Waals surface area contributed by atoms with E-state index in [-0.39, 0.29) is 0 Å². The topological polar surface area (TPSA) is 19.4 Å². The van der Waals surface area contributed by atoms with Crippen LogP contribution >= 0.6 is 15.9 Å². The first kappa shape index (κ1) is 12.4. The fourth-order valence-electron chi connectivity index (χ4n) is 3.13. The van der Waals surface area contributed by atoms with E-state index < -0.39 is 0 Å². The predicted molar refractivity (Wildman–Crippen MR) is 78.0 cm³/mol. The predicted octanol–water partition coefficient (Wildman–Crippen LogP) is 2.91. The maximum Gasteiger partial charge on any atom is 0.142 e. The smallest absolute Gasteiger partial charge is 0.142 e. The molecule has 2 aliphatic heterocycles. The second-order valence-electron chi connectivity index (χ2n) is 5.29. The van der Waals surface area contributed by atoms with Crippen LogP contribution in [-0.4, -0.2) is 42.1 Å². The number of halogens is 1. The molecule has 0 spiro atoms. The van der Waals surface area contributed by atoms with Crippen molar-refractivity contribution in [1.82, 2.24) is 9.88 Å². The lowest BCUT2D eigenvalue weighted by Gasteiger charge is -2.32. The van der Waals surface area contributed by atoms with Crippen LogP contribution in [-0.2, 0) is 0 Å². The highest BCUT2D eigenvalue weighted by atomic mass is 79.9. The van der Waals surface area contributed by atoms with Gasteiger partial charge in [-0.1, -0.05) is 6.42 Å². The Hall–Kier alpha value is -0.610. The molecule has 0 aliphatic carbocycles. The van der Waals surface area contributed by atoms with E-state index >= 15 is 0 Å². The molecule has 1 atom stereocenters. The highest BCUT2D eigenvalue weighted by Gasteiger charge is 2.29. The molecule has 1 unspecified atom stereocenters. The van der Waals surface area contributed by atoms with Gasteiger partial charge in [-0.15, -0.1) is 0 Å². The van der Waals surface area contributed by atoms with E-state index in [9.17, 15) is 0 Å². The standard InChI is InChI=1S/C14H20BrN3/c15-13-5-4-7-16-14(13)18-10-6-12(11-18)17-8-2-1-3-9-17/h4-5,7,12H,1-3,6,8-11H2. The third kappa shape index (κ3) is 2.54. The van der Waals surface area contributed by atoms with Gasteiger partial charge in [0.05, 0.1) is 4.47 Å². The zero-order valence-corrected chi connectivity index (χ0v) is 12.3. The monoisotopic (exact) mass is 309 g/mol. The Morgan fingerprint density at radius 2 is 2.00 bits per heavy atom. The van der Waals surface area contributed by atoms with Crippen LogP contribution in [0.4, 0.5) is 5.82 Å². The summed E-state index contributed by atoms with van der Waals surface area (Å²) in [6.07, 6.45) is 7.34. The zero-order valence-electron chi connectivity index (χ0n) is 10.7. The normalized spacial score (nSPS) is 25.6. The first-order valence-electron chi connectivity index (χ1n) is 6.94. The fourth-order valence-corrected chi connectivity index (χ4v) is 3.63. The summed E-state index contributed by atoms with van der Waals surface area (Å²) in [5.74, 6) is 1.11. The lowest BCUT2D eigenvalue weighted by Crippen LogP contribution is -2.41. The van der Waals surface area contributed by atoms with Crippen LogP contribution in [0.2, 0.25) is 0 Å². The van der Waals surface area contributed by atoms with Crippen LogP contribution in [0.25, 0.3) is 0 Å². The quantitative estimate of drug-likeness (QED) is 0.837. The highest BCUT2D eigenvalue weighted by Crippen LogP contribution is 2.28. The number of nitrogens with zero attached hydrogens (tertiary/aromatic N) is 3. The molecule has 0 N–H and O–H groups in total.